The highest BCUT2D eigenvalue weighted by Crippen LogP contribution is 2.29. The van der Waals surface area contributed by atoms with E-state index in [1.807, 2.05) is 55.6 Å². The summed E-state index contributed by atoms with van der Waals surface area (Å²) in [4.78, 5) is 29.4. The second-order valence-electron chi connectivity index (χ2n) is 6.99. The molecule has 7 heteroatoms. The molecule has 0 aliphatic rings. The Kier molecular flexibility index (Phi) is 5.65. The lowest BCUT2D eigenvalue weighted by molar-refractivity contribution is -0.140. The first-order valence-corrected chi connectivity index (χ1v) is 11.3. The van der Waals surface area contributed by atoms with Gasteiger partial charge in [0.25, 0.3) is 5.91 Å². The van der Waals surface area contributed by atoms with Gasteiger partial charge in [-0.2, -0.15) is 16.3 Å². The maximum atomic E-state index is 12.8. The van der Waals surface area contributed by atoms with Crippen molar-refractivity contribution in [3.63, 3.8) is 0 Å². The van der Waals surface area contributed by atoms with Crippen LogP contribution in [-0.4, -0.2) is 21.6 Å². The van der Waals surface area contributed by atoms with E-state index < -0.39 is 12.0 Å². The third kappa shape index (κ3) is 3.86. The minimum atomic E-state index is -0.941. The summed E-state index contributed by atoms with van der Waals surface area (Å²) >= 11 is 2.96. The fourth-order valence-corrected chi connectivity index (χ4v) is 5.12. The summed E-state index contributed by atoms with van der Waals surface area (Å²) < 4.78 is 2.57. The average Bonchev–Trinajstić information content (AvgIpc) is 3.37. The molecule has 1 unspecified atom stereocenters. The predicted octanol–water partition coefficient (Wildman–Crippen LogP) is 5.52. The van der Waals surface area contributed by atoms with Gasteiger partial charge in [0.2, 0.25) is 0 Å². The molecule has 4 rings (SSSR count). The van der Waals surface area contributed by atoms with Gasteiger partial charge >= 0.3 is 5.97 Å². The lowest BCUT2D eigenvalue weighted by Gasteiger charge is -2.13. The highest BCUT2D eigenvalue weighted by atomic mass is 32.1. The molecule has 30 heavy (non-hydrogen) atoms. The third-order valence-electron chi connectivity index (χ3n) is 4.96. The largest absolute Gasteiger partial charge is 0.480 e. The molecule has 0 spiro atoms. The number of amides is 1. The zero-order valence-electron chi connectivity index (χ0n) is 16.5. The first kappa shape index (κ1) is 20.3. The van der Waals surface area contributed by atoms with Gasteiger partial charge in [-0.1, -0.05) is 42.0 Å². The van der Waals surface area contributed by atoms with E-state index in [2.05, 4.69) is 10.4 Å². The molecule has 0 radical (unpaired) electrons. The van der Waals surface area contributed by atoms with Crippen molar-refractivity contribution in [3.05, 3.63) is 75.2 Å². The molecule has 152 valence electrons. The molecule has 0 bridgehead atoms. The lowest BCUT2D eigenvalue weighted by atomic mass is 10.1. The van der Waals surface area contributed by atoms with Crippen molar-refractivity contribution >= 4 is 44.8 Å². The molecule has 1 amide bonds. The molecule has 0 saturated heterocycles. The Hall–Kier alpha value is -3.03. The maximum Gasteiger partial charge on any atom is 0.326 e. The number of aliphatic carboxylic acids is 1. The number of nitrogens with zero attached hydrogens (tertiary/aromatic N) is 2. The van der Waals surface area contributed by atoms with E-state index >= 15 is 0 Å². The SMILES string of the molecule is CCC(C(=O)O)n1c(=NC(=O)c2ccc(C)cc2)sc2cc(-c3ccsc3)ccc21. The zero-order chi connectivity index (χ0) is 21.3. The number of fused-ring (bicyclic) bond motifs is 1. The van der Waals surface area contributed by atoms with Crippen LogP contribution in [0.1, 0.15) is 35.3 Å². The normalized spacial score (nSPS) is 12.9. The molecule has 0 saturated carbocycles. The third-order valence-corrected chi connectivity index (χ3v) is 6.66. The van der Waals surface area contributed by atoms with Gasteiger partial charge in [0.15, 0.2) is 4.80 Å². The topological polar surface area (TPSA) is 71.7 Å². The van der Waals surface area contributed by atoms with Gasteiger partial charge in [-0.05, 0) is 65.6 Å². The Balaban J connectivity index is 1.91. The number of thiazole rings is 1. The van der Waals surface area contributed by atoms with Crippen molar-refractivity contribution in [3.8, 4) is 11.1 Å². The summed E-state index contributed by atoms with van der Waals surface area (Å²) in [6.07, 6.45) is 0.388. The molecule has 0 fully saturated rings. The number of hydrogen-bond donors (Lipinski definition) is 1. The summed E-state index contributed by atoms with van der Waals surface area (Å²) in [7, 11) is 0. The molecular weight excluding hydrogens is 416 g/mol. The summed E-state index contributed by atoms with van der Waals surface area (Å²) in [6.45, 7) is 3.77. The molecular formula is C23H20N2O3S2. The molecule has 2 heterocycles. The zero-order valence-corrected chi connectivity index (χ0v) is 18.2. The van der Waals surface area contributed by atoms with Crippen molar-refractivity contribution < 1.29 is 14.7 Å². The quantitative estimate of drug-likeness (QED) is 0.448. The van der Waals surface area contributed by atoms with E-state index in [0.717, 1.165) is 26.9 Å². The Labute approximate surface area is 181 Å². The molecule has 0 aliphatic heterocycles. The number of aromatic nitrogens is 1. The summed E-state index contributed by atoms with van der Waals surface area (Å²) in [5.41, 5.74) is 4.47. The van der Waals surface area contributed by atoms with E-state index in [4.69, 9.17) is 0 Å². The molecule has 1 N–H and O–H groups in total. The fraction of sp³-hybridized carbons (Fsp3) is 0.174. The smallest absolute Gasteiger partial charge is 0.326 e. The standard InChI is InChI=1S/C23H20N2O3S2/c1-3-18(22(27)28)25-19-9-8-16(17-10-11-29-13-17)12-20(19)30-23(25)24-21(26)15-6-4-14(2)5-7-15/h4-13,18H,3H2,1-2H3,(H,27,28). The first-order valence-electron chi connectivity index (χ1n) is 9.54. The van der Waals surface area contributed by atoms with E-state index in [1.54, 1.807) is 28.0 Å². The van der Waals surface area contributed by atoms with Crippen LogP contribution in [0.5, 0.6) is 0 Å². The van der Waals surface area contributed by atoms with E-state index in [1.165, 1.54) is 11.3 Å². The molecule has 2 aromatic heterocycles. The molecule has 0 aliphatic carbocycles. The molecule has 5 nitrogen and oxygen atoms in total. The Morgan fingerprint density at radius 1 is 1.10 bits per heavy atom. The minimum absolute atomic E-state index is 0.381. The van der Waals surface area contributed by atoms with E-state index in [0.29, 0.717) is 16.8 Å². The second-order valence-corrected chi connectivity index (χ2v) is 8.78. The van der Waals surface area contributed by atoms with Crippen molar-refractivity contribution in [2.24, 2.45) is 4.99 Å². The van der Waals surface area contributed by atoms with Gasteiger partial charge in [0.1, 0.15) is 6.04 Å². The van der Waals surface area contributed by atoms with Crippen LogP contribution in [0.15, 0.2) is 64.3 Å². The van der Waals surface area contributed by atoms with Crippen molar-refractivity contribution in [2.75, 3.05) is 0 Å². The van der Waals surface area contributed by atoms with Crippen molar-refractivity contribution in [1.29, 1.82) is 0 Å². The van der Waals surface area contributed by atoms with E-state index in [-0.39, 0.29) is 5.91 Å². The number of hydrogen-bond acceptors (Lipinski definition) is 4. The van der Waals surface area contributed by atoms with Crippen LogP contribution in [0.25, 0.3) is 21.3 Å². The second kappa shape index (κ2) is 8.38. The van der Waals surface area contributed by atoms with Gasteiger partial charge in [0, 0.05) is 5.56 Å². The number of carbonyl (C=O) groups is 2. The van der Waals surface area contributed by atoms with Crippen LogP contribution in [0.2, 0.25) is 0 Å². The van der Waals surface area contributed by atoms with Crippen LogP contribution < -0.4 is 4.80 Å². The van der Waals surface area contributed by atoms with Gasteiger partial charge in [-0.15, -0.1) is 0 Å². The van der Waals surface area contributed by atoms with Crippen LogP contribution in [-0.2, 0) is 4.79 Å². The number of carboxylic acids is 1. The van der Waals surface area contributed by atoms with E-state index in [9.17, 15) is 14.7 Å². The highest BCUT2D eigenvalue weighted by Gasteiger charge is 2.22. The number of aryl methyl sites for hydroxylation is 1. The molecule has 2 aromatic carbocycles. The number of carbonyl (C=O) groups excluding carboxylic acids is 1. The van der Waals surface area contributed by atoms with Crippen LogP contribution in [0.3, 0.4) is 0 Å². The number of benzene rings is 2. The van der Waals surface area contributed by atoms with Crippen LogP contribution >= 0.6 is 22.7 Å². The number of carboxylic acid groups (broad SMARTS) is 1. The van der Waals surface area contributed by atoms with Crippen LogP contribution in [0.4, 0.5) is 0 Å². The Morgan fingerprint density at radius 3 is 2.50 bits per heavy atom. The van der Waals surface area contributed by atoms with Gasteiger partial charge in [-0.3, -0.25) is 4.79 Å². The van der Waals surface area contributed by atoms with Crippen molar-refractivity contribution in [2.45, 2.75) is 26.3 Å². The maximum absolute atomic E-state index is 12.8. The Bertz CT molecular complexity index is 1280. The Morgan fingerprint density at radius 2 is 1.87 bits per heavy atom. The predicted molar refractivity (Wildman–Crippen MR) is 121 cm³/mol. The van der Waals surface area contributed by atoms with Gasteiger partial charge < -0.3 is 9.67 Å². The summed E-state index contributed by atoms with van der Waals surface area (Å²) in [6, 6.07) is 14.4. The fourth-order valence-electron chi connectivity index (χ4n) is 3.35. The van der Waals surface area contributed by atoms with Crippen molar-refractivity contribution in [1.82, 2.24) is 4.57 Å². The number of rotatable bonds is 5. The van der Waals surface area contributed by atoms with Gasteiger partial charge in [-0.25, -0.2) is 4.79 Å². The number of thiophene rings is 1. The monoisotopic (exact) mass is 436 g/mol. The van der Waals surface area contributed by atoms with Crippen LogP contribution in [0, 0.1) is 6.92 Å². The summed E-state index contributed by atoms with van der Waals surface area (Å²) in [5, 5.41) is 13.9. The molecule has 4 aromatic rings. The summed E-state index contributed by atoms with van der Waals surface area (Å²) in [5.74, 6) is -1.32. The average molecular weight is 437 g/mol. The molecule has 1 atom stereocenters. The lowest BCUT2D eigenvalue weighted by Crippen LogP contribution is -2.27. The minimum Gasteiger partial charge on any atom is -0.480 e. The highest BCUT2D eigenvalue weighted by molar-refractivity contribution is 7.16. The van der Waals surface area contributed by atoms with Gasteiger partial charge in [0.05, 0.1) is 10.2 Å². The first-order chi connectivity index (χ1) is 14.5.